The van der Waals surface area contributed by atoms with Gasteiger partial charge < -0.3 is 13.6 Å². The molecule has 0 fully saturated rings. The predicted octanol–water partition coefficient (Wildman–Crippen LogP) is 16.4. The van der Waals surface area contributed by atoms with Crippen molar-refractivity contribution in [3.63, 3.8) is 0 Å². The molecule has 0 saturated carbocycles. The Morgan fingerprint density at radius 2 is 0.889 bits per heavy atom. The highest BCUT2D eigenvalue weighted by atomic mass is 16.3. The molecule has 63 heavy (non-hydrogen) atoms. The zero-order valence-electron chi connectivity index (χ0n) is 34.2. The molecule has 13 aromatic rings. The summed E-state index contributed by atoms with van der Waals surface area (Å²) in [5.41, 5.74) is 18.0. The molecule has 0 spiro atoms. The third-order valence-corrected chi connectivity index (χ3v) is 12.9. The highest BCUT2D eigenvalue weighted by Crippen LogP contribution is 2.46. The molecule has 0 atom stereocenters. The Balaban J connectivity index is 1.03. The van der Waals surface area contributed by atoms with Crippen LogP contribution in [0.4, 0.5) is 0 Å². The van der Waals surface area contributed by atoms with Gasteiger partial charge in [0.1, 0.15) is 5.58 Å². The molecular weight excluding hydrogens is 765 g/mol. The highest BCUT2D eigenvalue weighted by molar-refractivity contribution is 6.20. The van der Waals surface area contributed by atoms with Crippen molar-refractivity contribution < 1.29 is 4.42 Å². The third-order valence-electron chi connectivity index (χ3n) is 12.9. The Morgan fingerprint density at radius 1 is 0.286 bits per heavy atom. The minimum Gasteiger partial charge on any atom is -0.454 e. The third kappa shape index (κ3) is 5.46. The molecule has 10 aromatic carbocycles. The van der Waals surface area contributed by atoms with E-state index in [1.165, 1.54) is 71.5 Å². The Labute approximate surface area is 363 Å². The summed E-state index contributed by atoms with van der Waals surface area (Å²) >= 11 is 0. The van der Waals surface area contributed by atoms with E-state index < -0.39 is 0 Å². The number of fused-ring (bicyclic) bond motifs is 9. The van der Waals surface area contributed by atoms with Gasteiger partial charge in [-0.2, -0.15) is 0 Å². The fraction of sp³-hybridized carbons (Fsp3) is 0. The first-order valence-electron chi connectivity index (χ1n) is 21.6. The lowest BCUT2D eigenvalue weighted by Gasteiger charge is -2.14. The van der Waals surface area contributed by atoms with Crippen molar-refractivity contribution in [2.45, 2.75) is 0 Å². The summed E-state index contributed by atoms with van der Waals surface area (Å²) in [6.45, 7) is 0. The van der Waals surface area contributed by atoms with Crippen molar-refractivity contribution in [3.8, 4) is 55.9 Å². The number of nitrogens with zero attached hydrogens (tertiary/aromatic N) is 2. The topological polar surface area (TPSA) is 23.0 Å². The number of hydrogen-bond acceptors (Lipinski definition) is 1. The van der Waals surface area contributed by atoms with E-state index in [-0.39, 0.29) is 0 Å². The average Bonchev–Trinajstić information content (AvgIpc) is 4.03. The molecule has 3 aromatic heterocycles. The lowest BCUT2D eigenvalue weighted by Crippen LogP contribution is -1.96. The Bertz CT molecular complexity index is 3900. The average molecular weight is 803 g/mol. The minimum atomic E-state index is 0.871. The lowest BCUT2D eigenvalue weighted by atomic mass is 9.91. The molecule has 0 radical (unpaired) electrons. The van der Waals surface area contributed by atoms with Gasteiger partial charge in [-0.15, -0.1) is 0 Å². The van der Waals surface area contributed by atoms with E-state index >= 15 is 0 Å². The van der Waals surface area contributed by atoms with Gasteiger partial charge in [-0.3, -0.25) is 0 Å². The number of para-hydroxylation sites is 3. The van der Waals surface area contributed by atoms with Crippen molar-refractivity contribution >= 4 is 65.6 Å². The van der Waals surface area contributed by atoms with E-state index in [1.807, 2.05) is 0 Å². The van der Waals surface area contributed by atoms with Gasteiger partial charge in [0.05, 0.1) is 27.8 Å². The summed E-state index contributed by atoms with van der Waals surface area (Å²) in [7, 11) is 0. The van der Waals surface area contributed by atoms with Crippen LogP contribution in [0, 0.1) is 0 Å². The summed E-state index contributed by atoms with van der Waals surface area (Å²) in [5.74, 6) is 0. The van der Waals surface area contributed by atoms with Crippen LogP contribution in [0.3, 0.4) is 0 Å². The molecule has 0 N–H and O–H groups in total. The van der Waals surface area contributed by atoms with Gasteiger partial charge in [-0.05, 0) is 99.1 Å². The molecule has 13 rings (SSSR count). The largest absolute Gasteiger partial charge is 0.454 e. The van der Waals surface area contributed by atoms with Gasteiger partial charge in [-0.1, -0.05) is 176 Å². The molecule has 0 aliphatic carbocycles. The van der Waals surface area contributed by atoms with Crippen molar-refractivity contribution in [1.82, 2.24) is 9.13 Å². The summed E-state index contributed by atoms with van der Waals surface area (Å²) in [4.78, 5) is 0. The van der Waals surface area contributed by atoms with Gasteiger partial charge in [0.25, 0.3) is 0 Å². The van der Waals surface area contributed by atoms with Gasteiger partial charge in [0.15, 0.2) is 5.58 Å². The van der Waals surface area contributed by atoms with Crippen molar-refractivity contribution in [1.29, 1.82) is 0 Å². The first-order valence-corrected chi connectivity index (χ1v) is 21.6. The molecule has 294 valence electrons. The van der Waals surface area contributed by atoms with Gasteiger partial charge in [0.2, 0.25) is 0 Å². The van der Waals surface area contributed by atoms with Crippen LogP contribution < -0.4 is 0 Å². The van der Waals surface area contributed by atoms with Crippen LogP contribution in [-0.4, -0.2) is 9.13 Å². The van der Waals surface area contributed by atoms with E-state index in [9.17, 15) is 0 Å². The molecule has 0 aliphatic heterocycles. The SMILES string of the molecule is c1ccc(-c2cccc(-n3c4ccccc4c4cc(-c5cccc6c5c5ccccc5n6-c5ccc(-c6ccccc6-c6ccccc6)c6c5oc5ccccc56)ccc43)c2)cc1. The predicted molar refractivity (Wildman–Crippen MR) is 264 cm³/mol. The summed E-state index contributed by atoms with van der Waals surface area (Å²) in [6.07, 6.45) is 0. The van der Waals surface area contributed by atoms with Gasteiger partial charge in [0, 0.05) is 38.0 Å². The highest BCUT2D eigenvalue weighted by Gasteiger charge is 2.23. The second-order valence-corrected chi connectivity index (χ2v) is 16.4. The van der Waals surface area contributed by atoms with E-state index in [0.717, 1.165) is 49.9 Å². The molecule has 0 bridgehead atoms. The van der Waals surface area contributed by atoms with E-state index in [4.69, 9.17) is 4.42 Å². The maximum Gasteiger partial charge on any atom is 0.160 e. The first kappa shape index (κ1) is 35.4. The number of furan rings is 1. The molecule has 0 unspecified atom stereocenters. The maximum absolute atomic E-state index is 6.96. The number of hydrogen-bond donors (Lipinski definition) is 0. The zero-order chi connectivity index (χ0) is 41.4. The second-order valence-electron chi connectivity index (χ2n) is 16.4. The smallest absolute Gasteiger partial charge is 0.160 e. The zero-order valence-corrected chi connectivity index (χ0v) is 34.2. The van der Waals surface area contributed by atoms with Crippen LogP contribution in [-0.2, 0) is 0 Å². The normalized spacial score (nSPS) is 11.8. The molecule has 3 nitrogen and oxygen atoms in total. The van der Waals surface area contributed by atoms with E-state index in [1.54, 1.807) is 0 Å². The van der Waals surface area contributed by atoms with Crippen molar-refractivity contribution in [2.75, 3.05) is 0 Å². The molecule has 0 aliphatic rings. The fourth-order valence-corrected chi connectivity index (χ4v) is 10.2. The minimum absolute atomic E-state index is 0.871. The van der Waals surface area contributed by atoms with Crippen LogP contribution in [0.5, 0.6) is 0 Å². The molecule has 3 heteroatoms. The van der Waals surface area contributed by atoms with Crippen LogP contribution in [0.15, 0.2) is 235 Å². The summed E-state index contributed by atoms with van der Waals surface area (Å²) in [6, 6.07) is 83.2. The first-order chi connectivity index (χ1) is 31.3. The quantitative estimate of drug-likeness (QED) is 0.164. The molecule has 0 amide bonds. The van der Waals surface area contributed by atoms with Crippen LogP contribution in [0.1, 0.15) is 0 Å². The monoisotopic (exact) mass is 802 g/mol. The van der Waals surface area contributed by atoms with Gasteiger partial charge in [-0.25, -0.2) is 0 Å². The van der Waals surface area contributed by atoms with Crippen LogP contribution in [0.2, 0.25) is 0 Å². The van der Waals surface area contributed by atoms with Gasteiger partial charge >= 0.3 is 0 Å². The van der Waals surface area contributed by atoms with Crippen LogP contribution in [0.25, 0.3) is 121 Å². The number of rotatable bonds is 6. The lowest BCUT2D eigenvalue weighted by molar-refractivity contribution is 0.666. The summed E-state index contributed by atoms with van der Waals surface area (Å²) < 4.78 is 11.8. The number of benzene rings is 10. The van der Waals surface area contributed by atoms with Crippen LogP contribution >= 0.6 is 0 Å². The van der Waals surface area contributed by atoms with Crippen molar-refractivity contribution in [3.05, 3.63) is 231 Å². The Kier molecular flexibility index (Phi) is 7.91. The molecular formula is C60H38N2O. The summed E-state index contributed by atoms with van der Waals surface area (Å²) in [5, 5.41) is 7.10. The Morgan fingerprint density at radius 3 is 1.71 bits per heavy atom. The Hall–Kier alpha value is -8.40. The van der Waals surface area contributed by atoms with E-state index in [0.29, 0.717) is 0 Å². The second kappa shape index (κ2) is 14.1. The fourth-order valence-electron chi connectivity index (χ4n) is 10.2. The molecule has 0 saturated heterocycles. The maximum atomic E-state index is 6.96. The van der Waals surface area contributed by atoms with Crippen molar-refractivity contribution in [2.24, 2.45) is 0 Å². The number of aromatic nitrogens is 2. The standard InChI is InChI=1S/C60H38N2O/c1-3-17-39(18-4-1)41-21-15-22-43(37-41)61-52-29-12-9-25-47(52)51-38-42(33-35-54(51)61)45-28-16-31-55-58(45)49-26-10-13-30-53(49)62(55)56-36-34-48(59-50-27-11-14-32-57(50)63-60(56)59)46-24-8-7-23-44(46)40-19-5-2-6-20-40/h1-38H. The van der Waals surface area contributed by atoms with E-state index in [2.05, 4.69) is 240 Å². The molecule has 3 heterocycles.